The second kappa shape index (κ2) is 12.0. The minimum Gasteiger partial charge on any atom is -0.506 e. The summed E-state index contributed by atoms with van der Waals surface area (Å²) in [6.07, 6.45) is 0.983. The summed E-state index contributed by atoms with van der Waals surface area (Å²) >= 11 is 0. The maximum Gasteiger partial charge on any atom is 0.219 e. The van der Waals surface area contributed by atoms with E-state index in [9.17, 15) is 5.11 Å². The smallest absolute Gasteiger partial charge is 0.219 e. The van der Waals surface area contributed by atoms with Gasteiger partial charge in [0.1, 0.15) is 22.9 Å². The number of benzene rings is 4. The monoisotopic (exact) mass is 679 g/mol. The van der Waals surface area contributed by atoms with Crippen molar-refractivity contribution in [2.24, 2.45) is 4.99 Å². The summed E-state index contributed by atoms with van der Waals surface area (Å²) in [6.45, 7) is 26.9. The molecule has 2 heterocycles. The summed E-state index contributed by atoms with van der Waals surface area (Å²) in [5.74, 6) is 2.27. The lowest BCUT2D eigenvalue weighted by atomic mass is 9.68. The summed E-state index contributed by atoms with van der Waals surface area (Å²) in [5.41, 5.74) is 12.7. The van der Waals surface area contributed by atoms with Crippen LogP contribution in [0.3, 0.4) is 0 Å². The van der Waals surface area contributed by atoms with Crippen LogP contribution in [0.5, 0.6) is 17.4 Å². The number of aromatic hydroxyl groups is 1. The molecule has 5 nitrogen and oxygen atoms in total. The molecule has 1 N–H and O–H groups in total. The van der Waals surface area contributed by atoms with E-state index in [4.69, 9.17) is 14.7 Å². The van der Waals surface area contributed by atoms with E-state index in [1.807, 2.05) is 18.2 Å². The molecule has 4 aromatic carbocycles. The van der Waals surface area contributed by atoms with Gasteiger partial charge in [-0.3, -0.25) is 4.99 Å². The van der Waals surface area contributed by atoms with Crippen molar-refractivity contribution in [1.82, 2.24) is 4.98 Å². The number of pyridine rings is 1. The number of hydrogen-bond acceptors (Lipinski definition) is 5. The number of anilines is 1. The van der Waals surface area contributed by atoms with Crippen LogP contribution in [0.25, 0.3) is 10.9 Å². The lowest BCUT2D eigenvalue weighted by molar-refractivity contribution is 0.363. The van der Waals surface area contributed by atoms with E-state index in [-0.39, 0.29) is 34.1 Å². The molecule has 1 aromatic heterocycles. The Kier molecular flexibility index (Phi) is 8.16. The molecule has 51 heavy (non-hydrogen) atoms. The second-order valence-corrected chi connectivity index (χ2v) is 17.7. The molecule has 5 heteroatoms. The third kappa shape index (κ3) is 6.09. The number of fused-ring (bicyclic) bond motifs is 4. The molecule has 1 aliphatic carbocycles. The highest BCUT2D eigenvalue weighted by atomic mass is 16.5. The van der Waals surface area contributed by atoms with Gasteiger partial charge in [-0.1, -0.05) is 85.7 Å². The van der Waals surface area contributed by atoms with E-state index in [2.05, 4.69) is 143 Å². The van der Waals surface area contributed by atoms with E-state index in [0.29, 0.717) is 17.1 Å². The third-order valence-corrected chi connectivity index (χ3v) is 11.3. The molecular weight excluding hydrogens is 627 g/mol. The van der Waals surface area contributed by atoms with Gasteiger partial charge in [-0.2, -0.15) is 0 Å². The van der Waals surface area contributed by atoms with E-state index >= 15 is 0 Å². The number of aromatic nitrogens is 1. The van der Waals surface area contributed by atoms with Gasteiger partial charge >= 0.3 is 0 Å². The lowest BCUT2D eigenvalue weighted by Gasteiger charge is -2.43. The molecule has 0 spiro atoms. The van der Waals surface area contributed by atoms with Crippen LogP contribution < -0.4 is 9.64 Å². The predicted octanol–water partition coefficient (Wildman–Crippen LogP) is 11.6. The van der Waals surface area contributed by atoms with Gasteiger partial charge in [0.15, 0.2) is 0 Å². The average Bonchev–Trinajstić information content (AvgIpc) is 3.41. The first-order chi connectivity index (χ1) is 23.8. The second-order valence-electron chi connectivity index (χ2n) is 17.7. The topological polar surface area (TPSA) is 58.0 Å². The molecule has 0 unspecified atom stereocenters. The molecule has 7 rings (SSSR count). The van der Waals surface area contributed by atoms with Crippen molar-refractivity contribution in [1.29, 1.82) is 0 Å². The molecule has 2 atom stereocenters. The highest BCUT2D eigenvalue weighted by molar-refractivity contribution is 6.13. The molecule has 0 fully saturated rings. The number of phenolic OH excluding ortho intramolecular Hbond substituents is 1. The maximum absolute atomic E-state index is 11.0. The van der Waals surface area contributed by atoms with Crippen molar-refractivity contribution in [3.63, 3.8) is 0 Å². The lowest BCUT2D eigenvalue weighted by Crippen LogP contribution is -2.45. The fourth-order valence-corrected chi connectivity index (χ4v) is 8.13. The summed E-state index contributed by atoms with van der Waals surface area (Å²) in [7, 11) is 0. The van der Waals surface area contributed by atoms with Gasteiger partial charge in [-0.15, -0.1) is 0 Å². The van der Waals surface area contributed by atoms with Gasteiger partial charge in [-0.05, 0) is 131 Å². The van der Waals surface area contributed by atoms with Crippen LogP contribution in [0.4, 0.5) is 5.69 Å². The highest BCUT2D eigenvalue weighted by Crippen LogP contribution is 2.51. The first kappa shape index (κ1) is 34.8. The van der Waals surface area contributed by atoms with Gasteiger partial charge in [-0.25, -0.2) is 4.98 Å². The largest absolute Gasteiger partial charge is 0.506 e. The summed E-state index contributed by atoms with van der Waals surface area (Å²) < 4.78 is 6.61. The minimum atomic E-state index is -0.149. The Morgan fingerprint density at radius 3 is 2.10 bits per heavy atom. The molecule has 5 aromatic rings. The fourth-order valence-electron chi connectivity index (χ4n) is 8.13. The normalized spacial score (nSPS) is 18.4. The van der Waals surface area contributed by atoms with Gasteiger partial charge < -0.3 is 14.7 Å². The number of phenols is 1. The zero-order valence-electron chi connectivity index (χ0n) is 32.5. The van der Waals surface area contributed by atoms with Crippen LogP contribution in [-0.4, -0.2) is 22.0 Å². The van der Waals surface area contributed by atoms with E-state index in [1.165, 1.54) is 39.1 Å². The first-order valence-corrected chi connectivity index (χ1v) is 18.4. The summed E-state index contributed by atoms with van der Waals surface area (Å²) in [6, 6.07) is 25.7. The molecule has 264 valence electrons. The van der Waals surface area contributed by atoms with Crippen LogP contribution in [0, 0.1) is 27.7 Å². The van der Waals surface area contributed by atoms with E-state index in [0.717, 1.165) is 34.3 Å². The minimum absolute atomic E-state index is 0.00891. The number of ether oxygens (including phenoxy) is 1. The van der Waals surface area contributed by atoms with Gasteiger partial charge in [0.25, 0.3) is 0 Å². The Morgan fingerprint density at radius 1 is 0.784 bits per heavy atom. The first-order valence-electron chi connectivity index (χ1n) is 18.4. The van der Waals surface area contributed by atoms with Crippen molar-refractivity contribution >= 4 is 22.4 Å². The van der Waals surface area contributed by atoms with Crippen molar-refractivity contribution < 1.29 is 9.84 Å². The SMILES string of the molecule is Cc1cc(C)c(C)c(N2C(c3cc(Oc4ccc5cc(C(C)(C)C)cc(O)c5n4)cc(C(C)(C)C)c3)=N[C@H]3c4ccccc4C(C)(C)C[C@H]32)c1C. The van der Waals surface area contributed by atoms with Crippen LogP contribution in [0.1, 0.15) is 118 Å². The fraction of sp³-hybridized carbons (Fsp3) is 0.391. The standard InChI is InChI=1S/C46H53N3O2/c1-26-19-27(2)29(4)42(28(26)3)49-37-25-46(11,12)36-16-14-13-15-35(36)41(37)48-43(49)31-21-32(44(5,6)7)23-34(22-31)51-39-18-17-30-20-33(45(8,9)10)24-38(50)40(30)47-39/h13-24,37,41,50H,25H2,1-12H3/t37-,41+/m1/s1. The molecule has 0 saturated heterocycles. The summed E-state index contributed by atoms with van der Waals surface area (Å²) in [5, 5.41) is 11.9. The van der Waals surface area contributed by atoms with Crippen molar-refractivity contribution in [3.05, 3.63) is 123 Å². The molecule has 1 aliphatic heterocycles. The van der Waals surface area contributed by atoms with Gasteiger partial charge in [0.05, 0.1) is 12.1 Å². The highest BCUT2D eigenvalue weighted by Gasteiger charge is 2.48. The van der Waals surface area contributed by atoms with Crippen LogP contribution >= 0.6 is 0 Å². The maximum atomic E-state index is 11.0. The molecule has 0 saturated carbocycles. The number of amidine groups is 1. The number of aryl methyl sites for hydroxylation is 2. The van der Waals surface area contributed by atoms with Crippen LogP contribution in [0.15, 0.2) is 77.8 Å². The number of nitrogens with zero attached hydrogens (tertiary/aromatic N) is 3. The quantitative estimate of drug-likeness (QED) is 0.205. The molecular formula is C46H53N3O2. The molecule has 2 aliphatic rings. The Morgan fingerprint density at radius 2 is 1.43 bits per heavy atom. The average molecular weight is 680 g/mol. The summed E-state index contributed by atoms with van der Waals surface area (Å²) in [4.78, 5) is 13.0. The zero-order valence-corrected chi connectivity index (χ0v) is 32.5. The van der Waals surface area contributed by atoms with Crippen LogP contribution in [0.2, 0.25) is 0 Å². The Hall–Kier alpha value is -4.64. The van der Waals surface area contributed by atoms with Crippen molar-refractivity contribution in [2.75, 3.05) is 4.90 Å². The van der Waals surface area contributed by atoms with Crippen molar-refractivity contribution in [2.45, 2.75) is 118 Å². The molecule has 0 amide bonds. The molecule has 0 radical (unpaired) electrons. The Balaban J connectivity index is 1.40. The zero-order chi connectivity index (χ0) is 36.8. The predicted molar refractivity (Wildman–Crippen MR) is 212 cm³/mol. The number of aliphatic imine (C=N–C) groups is 1. The van der Waals surface area contributed by atoms with Crippen LogP contribution in [-0.2, 0) is 16.2 Å². The number of rotatable bonds is 4. The van der Waals surface area contributed by atoms with Gasteiger partial charge in [0, 0.05) is 22.7 Å². The van der Waals surface area contributed by atoms with Gasteiger partial charge in [0.2, 0.25) is 5.88 Å². The Bertz CT molecular complexity index is 2200. The Labute approximate surface area is 304 Å². The third-order valence-electron chi connectivity index (χ3n) is 11.3. The van der Waals surface area contributed by atoms with E-state index in [1.54, 1.807) is 0 Å². The molecule has 0 bridgehead atoms. The van der Waals surface area contributed by atoms with E-state index < -0.39 is 0 Å². The number of hydrogen-bond donors (Lipinski definition) is 1. The van der Waals surface area contributed by atoms with Crippen molar-refractivity contribution in [3.8, 4) is 17.4 Å².